The number of allylic oxidation sites excluding steroid dienone is 2. The number of hydrazine groups is 1. The fraction of sp³-hybridized carbons (Fsp3) is 0.286. The van der Waals surface area contributed by atoms with Crippen molar-refractivity contribution in [1.82, 2.24) is 10.9 Å². The monoisotopic (exact) mass is 180 g/mol. The summed E-state index contributed by atoms with van der Waals surface area (Å²) in [5.74, 6) is 5.28. The van der Waals surface area contributed by atoms with Crippen LogP contribution in [-0.2, 0) is 0 Å². The first-order chi connectivity index (χ1) is 6.31. The highest BCUT2D eigenvalue weighted by Crippen LogP contribution is 2.09. The average Bonchev–Trinajstić information content (AvgIpc) is 2.18. The van der Waals surface area contributed by atoms with E-state index in [9.17, 15) is 0 Å². The Morgan fingerprint density at radius 2 is 2.31 bits per heavy atom. The molecular formula is C7H12N6. The summed E-state index contributed by atoms with van der Waals surface area (Å²) in [5, 5.41) is 10.1. The highest BCUT2D eigenvalue weighted by molar-refractivity contribution is 5.80. The zero-order valence-corrected chi connectivity index (χ0v) is 6.99. The maximum atomic E-state index is 7.04. The third-order valence-corrected chi connectivity index (χ3v) is 1.83. The van der Waals surface area contributed by atoms with E-state index in [4.69, 9.17) is 16.8 Å². The third-order valence-electron chi connectivity index (χ3n) is 1.83. The summed E-state index contributed by atoms with van der Waals surface area (Å²) >= 11 is 0. The molecule has 6 heteroatoms. The van der Waals surface area contributed by atoms with Crippen LogP contribution in [0.5, 0.6) is 0 Å². The van der Waals surface area contributed by atoms with Crippen molar-refractivity contribution in [3.63, 3.8) is 0 Å². The lowest BCUT2D eigenvalue weighted by molar-refractivity contribution is 0.469. The molecule has 2 atom stereocenters. The van der Waals surface area contributed by atoms with Crippen LogP contribution in [-0.4, -0.2) is 18.3 Å². The maximum absolute atomic E-state index is 7.04. The second kappa shape index (κ2) is 4.48. The van der Waals surface area contributed by atoms with E-state index in [0.717, 1.165) is 5.57 Å². The molecule has 0 aromatic rings. The number of nitrogens with one attached hydrogen (secondary N) is 4. The maximum Gasteiger partial charge on any atom is 0.0848 e. The van der Waals surface area contributed by atoms with Gasteiger partial charge in [-0.15, -0.1) is 0 Å². The van der Waals surface area contributed by atoms with Gasteiger partial charge in [0, 0.05) is 6.21 Å². The summed E-state index contributed by atoms with van der Waals surface area (Å²) in [4.78, 5) is 0. The smallest absolute Gasteiger partial charge is 0.0848 e. The fourth-order valence-electron chi connectivity index (χ4n) is 1.15. The number of rotatable bonds is 4. The molecule has 1 aliphatic rings. The first-order valence-corrected chi connectivity index (χ1v) is 3.80. The van der Waals surface area contributed by atoms with Gasteiger partial charge in [-0.25, -0.2) is 0 Å². The minimum Gasteiger partial charge on any atom is -0.308 e. The van der Waals surface area contributed by atoms with Gasteiger partial charge in [0.25, 0.3) is 0 Å². The van der Waals surface area contributed by atoms with Gasteiger partial charge in [0.05, 0.1) is 12.1 Å². The summed E-state index contributed by atoms with van der Waals surface area (Å²) in [5.41, 5.74) is 12.6. The van der Waals surface area contributed by atoms with Gasteiger partial charge in [0.1, 0.15) is 0 Å². The molecule has 6 nitrogen and oxygen atoms in total. The molecule has 0 spiro atoms. The van der Waals surface area contributed by atoms with Crippen molar-refractivity contribution >= 4 is 6.21 Å². The van der Waals surface area contributed by atoms with Gasteiger partial charge in [-0.2, -0.15) is 5.53 Å². The Kier molecular flexibility index (Phi) is 3.30. The number of nitrogens with zero attached hydrogens (tertiary/aromatic N) is 1. The van der Waals surface area contributed by atoms with Gasteiger partial charge in [-0.1, -0.05) is 23.5 Å². The van der Waals surface area contributed by atoms with E-state index in [0.29, 0.717) is 0 Å². The lowest BCUT2D eigenvalue weighted by Gasteiger charge is -2.23. The van der Waals surface area contributed by atoms with Gasteiger partial charge < -0.3 is 5.41 Å². The molecule has 13 heavy (non-hydrogen) atoms. The molecule has 0 bridgehead atoms. The predicted octanol–water partition coefficient (Wildman–Crippen LogP) is -0.132. The van der Waals surface area contributed by atoms with Crippen LogP contribution >= 0.6 is 0 Å². The fourth-order valence-corrected chi connectivity index (χ4v) is 1.15. The zero-order chi connectivity index (χ0) is 9.68. The lowest BCUT2D eigenvalue weighted by Crippen LogP contribution is -2.48. The van der Waals surface area contributed by atoms with Crippen molar-refractivity contribution < 1.29 is 0 Å². The van der Waals surface area contributed by atoms with E-state index in [1.165, 1.54) is 6.21 Å². The van der Waals surface area contributed by atoms with E-state index in [2.05, 4.69) is 16.1 Å². The minimum atomic E-state index is -0.177. The summed E-state index contributed by atoms with van der Waals surface area (Å²) in [6.07, 6.45) is 6.64. The topological polar surface area (TPSA) is 110 Å². The normalized spacial score (nSPS) is 26.4. The molecule has 0 aliphatic heterocycles. The van der Waals surface area contributed by atoms with Crippen LogP contribution in [0.25, 0.3) is 0 Å². The molecule has 70 valence electrons. The molecule has 0 saturated heterocycles. The van der Waals surface area contributed by atoms with Gasteiger partial charge in [0.2, 0.25) is 0 Å². The molecule has 0 heterocycles. The van der Waals surface area contributed by atoms with Crippen molar-refractivity contribution in [3.05, 3.63) is 23.8 Å². The Hall–Kier alpha value is -1.53. The molecule has 2 unspecified atom stereocenters. The van der Waals surface area contributed by atoms with Crippen LogP contribution in [0.3, 0.4) is 0 Å². The van der Waals surface area contributed by atoms with Crippen LogP contribution in [0.15, 0.2) is 29.0 Å². The second-order valence-corrected chi connectivity index (χ2v) is 2.63. The van der Waals surface area contributed by atoms with Crippen LogP contribution in [0, 0.1) is 10.9 Å². The SMILES string of the molecule is N=CC1=CC(NN=N)C(NN)C=C1. The van der Waals surface area contributed by atoms with Crippen molar-refractivity contribution in [2.24, 2.45) is 11.1 Å². The lowest BCUT2D eigenvalue weighted by atomic mass is 9.99. The summed E-state index contributed by atoms with van der Waals surface area (Å²) in [6.45, 7) is 0. The highest BCUT2D eigenvalue weighted by Gasteiger charge is 2.18. The predicted molar refractivity (Wildman–Crippen MR) is 49.2 cm³/mol. The standard InChI is InChI=1S/C7H12N6/c8-4-5-1-2-6(11-9)7(3-5)12-13-10/h1-4,6-8,11H,9H2,(H2,10,12). The van der Waals surface area contributed by atoms with E-state index in [1.807, 2.05) is 6.08 Å². The Labute approximate surface area is 75.8 Å². The summed E-state index contributed by atoms with van der Waals surface area (Å²) in [7, 11) is 0. The Morgan fingerprint density at radius 1 is 1.54 bits per heavy atom. The van der Waals surface area contributed by atoms with Gasteiger partial charge in [-0.05, 0) is 5.57 Å². The third kappa shape index (κ3) is 2.20. The molecular weight excluding hydrogens is 168 g/mol. The molecule has 1 aliphatic carbocycles. The minimum absolute atomic E-state index is 0.0993. The van der Waals surface area contributed by atoms with Crippen molar-refractivity contribution in [2.45, 2.75) is 12.1 Å². The Balaban J connectivity index is 2.75. The molecule has 0 saturated carbocycles. The van der Waals surface area contributed by atoms with Gasteiger partial charge in [0.15, 0.2) is 0 Å². The molecule has 0 amide bonds. The number of hydrogen-bond donors (Lipinski definition) is 5. The van der Waals surface area contributed by atoms with Crippen molar-refractivity contribution in [2.75, 3.05) is 0 Å². The quantitative estimate of drug-likeness (QED) is 0.180. The van der Waals surface area contributed by atoms with E-state index in [-0.39, 0.29) is 12.1 Å². The summed E-state index contributed by atoms with van der Waals surface area (Å²) < 4.78 is 0. The van der Waals surface area contributed by atoms with Crippen LogP contribution in [0.1, 0.15) is 0 Å². The molecule has 0 aromatic carbocycles. The summed E-state index contributed by atoms with van der Waals surface area (Å²) in [6, 6.07) is -0.276. The average molecular weight is 180 g/mol. The Morgan fingerprint density at radius 3 is 2.85 bits per heavy atom. The van der Waals surface area contributed by atoms with E-state index < -0.39 is 0 Å². The molecule has 0 fully saturated rings. The first kappa shape index (κ1) is 9.56. The van der Waals surface area contributed by atoms with Gasteiger partial charge in [-0.3, -0.25) is 16.7 Å². The molecule has 0 radical (unpaired) electrons. The zero-order valence-electron chi connectivity index (χ0n) is 6.99. The van der Waals surface area contributed by atoms with E-state index in [1.54, 1.807) is 12.2 Å². The number of hydrogen-bond acceptors (Lipinski definition) is 5. The highest BCUT2D eigenvalue weighted by atomic mass is 15.4. The number of nitrogens with two attached hydrogens (primary N) is 1. The van der Waals surface area contributed by atoms with Gasteiger partial charge >= 0.3 is 0 Å². The van der Waals surface area contributed by atoms with Crippen LogP contribution in [0.4, 0.5) is 0 Å². The van der Waals surface area contributed by atoms with Crippen LogP contribution < -0.4 is 16.7 Å². The van der Waals surface area contributed by atoms with Crippen LogP contribution in [0.2, 0.25) is 0 Å². The molecule has 6 N–H and O–H groups in total. The Bertz CT molecular complexity index is 256. The molecule has 1 rings (SSSR count). The van der Waals surface area contributed by atoms with E-state index >= 15 is 0 Å². The first-order valence-electron chi connectivity index (χ1n) is 3.80. The van der Waals surface area contributed by atoms with Crippen molar-refractivity contribution in [3.8, 4) is 0 Å². The van der Waals surface area contributed by atoms with Crippen molar-refractivity contribution in [1.29, 1.82) is 10.9 Å². The molecule has 0 aromatic heterocycles. The second-order valence-electron chi connectivity index (χ2n) is 2.63. The largest absolute Gasteiger partial charge is 0.308 e.